The molecular formula is C12H16BrN3O2S. The van der Waals surface area contributed by atoms with Gasteiger partial charge in [-0.1, -0.05) is 12.1 Å². The Kier molecular flexibility index (Phi) is 5.09. The number of rotatable bonds is 6. The summed E-state index contributed by atoms with van der Waals surface area (Å²) >= 11 is 5.04. The number of ether oxygens (including phenoxy) is 1. The van der Waals surface area contributed by atoms with Crippen LogP contribution in [0.25, 0.3) is 10.8 Å². The van der Waals surface area contributed by atoms with E-state index in [2.05, 4.69) is 33.0 Å². The first-order valence-corrected chi connectivity index (χ1v) is 7.66. The molecule has 2 aromatic rings. The molecule has 2 aromatic heterocycles. The van der Waals surface area contributed by atoms with E-state index >= 15 is 0 Å². The van der Waals surface area contributed by atoms with Crippen molar-refractivity contribution < 1.29 is 9.26 Å². The number of aromatic nitrogens is 2. The van der Waals surface area contributed by atoms with Crippen molar-refractivity contribution in [2.75, 3.05) is 13.2 Å². The summed E-state index contributed by atoms with van der Waals surface area (Å²) in [4.78, 5) is 5.26. The lowest BCUT2D eigenvalue weighted by Crippen LogP contribution is -2.18. The van der Waals surface area contributed by atoms with Crippen LogP contribution in [0.2, 0.25) is 0 Å². The molecule has 5 nitrogen and oxygen atoms in total. The van der Waals surface area contributed by atoms with Crippen LogP contribution < -0.4 is 5.73 Å². The van der Waals surface area contributed by atoms with E-state index in [1.54, 1.807) is 11.3 Å². The van der Waals surface area contributed by atoms with Gasteiger partial charge in [-0.05, 0) is 40.9 Å². The van der Waals surface area contributed by atoms with Crippen molar-refractivity contribution in [2.24, 2.45) is 5.73 Å². The molecule has 2 rings (SSSR count). The molecule has 0 aromatic carbocycles. The average Bonchev–Trinajstić information content (AvgIpc) is 2.98. The van der Waals surface area contributed by atoms with Crippen LogP contribution in [0, 0.1) is 6.92 Å². The van der Waals surface area contributed by atoms with Crippen molar-refractivity contribution in [2.45, 2.75) is 26.3 Å². The maximum atomic E-state index is 5.95. The SMILES string of the molecule is CCCOCC(N)c1noc(-c2cc(C)c(Br)s2)n1. The number of halogens is 1. The van der Waals surface area contributed by atoms with Crippen molar-refractivity contribution in [1.82, 2.24) is 10.1 Å². The summed E-state index contributed by atoms with van der Waals surface area (Å²) < 4.78 is 11.7. The van der Waals surface area contributed by atoms with Crippen molar-refractivity contribution in [3.8, 4) is 10.8 Å². The van der Waals surface area contributed by atoms with Gasteiger partial charge in [-0.15, -0.1) is 11.3 Å². The second-order valence-electron chi connectivity index (χ2n) is 4.21. The van der Waals surface area contributed by atoms with Crippen molar-refractivity contribution >= 4 is 27.3 Å². The lowest BCUT2D eigenvalue weighted by molar-refractivity contribution is 0.119. The number of hydrogen-bond donors (Lipinski definition) is 1. The topological polar surface area (TPSA) is 74.2 Å². The Labute approximate surface area is 124 Å². The molecule has 19 heavy (non-hydrogen) atoms. The molecule has 0 aliphatic carbocycles. The lowest BCUT2D eigenvalue weighted by Gasteiger charge is -2.06. The van der Waals surface area contributed by atoms with E-state index in [4.69, 9.17) is 15.0 Å². The quantitative estimate of drug-likeness (QED) is 0.813. The minimum atomic E-state index is -0.353. The number of nitrogens with zero attached hydrogens (tertiary/aromatic N) is 2. The maximum absolute atomic E-state index is 5.95. The fourth-order valence-corrected chi connectivity index (χ4v) is 2.94. The number of aryl methyl sites for hydroxylation is 1. The van der Waals surface area contributed by atoms with E-state index in [9.17, 15) is 0 Å². The van der Waals surface area contributed by atoms with E-state index in [1.165, 1.54) is 0 Å². The summed E-state index contributed by atoms with van der Waals surface area (Å²) in [6.45, 7) is 5.16. The van der Waals surface area contributed by atoms with Gasteiger partial charge in [0.05, 0.1) is 21.3 Å². The maximum Gasteiger partial charge on any atom is 0.268 e. The van der Waals surface area contributed by atoms with Gasteiger partial charge in [0, 0.05) is 6.61 Å². The molecule has 1 atom stereocenters. The standard InChI is InChI=1S/C12H16BrN3O2S/c1-3-4-17-6-8(14)11-15-12(18-16-11)9-5-7(2)10(13)19-9/h5,8H,3-4,6,14H2,1-2H3. The van der Waals surface area contributed by atoms with Crippen molar-refractivity contribution in [3.63, 3.8) is 0 Å². The first-order chi connectivity index (χ1) is 9.11. The zero-order valence-electron chi connectivity index (χ0n) is 10.9. The summed E-state index contributed by atoms with van der Waals surface area (Å²) in [5, 5.41) is 3.91. The average molecular weight is 346 g/mol. The molecule has 0 saturated carbocycles. The first-order valence-electron chi connectivity index (χ1n) is 6.05. The fourth-order valence-electron chi connectivity index (χ4n) is 1.48. The molecule has 104 valence electrons. The third-order valence-electron chi connectivity index (χ3n) is 2.49. The minimum absolute atomic E-state index is 0.353. The molecule has 0 fully saturated rings. The zero-order valence-corrected chi connectivity index (χ0v) is 13.3. The summed E-state index contributed by atoms with van der Waals surface area (Å²) in [6.07, 6.45) is 0.965. The van der Waals surface area contributed by atoms with Crippen LogP contribution in [-0.2, 0) is 4.74 Å². The van der Waals surface area contributed by atoms with E-state index in [-0.39, 0.29) is 6.04 Å². The van der Waals surface area contributed by atoms with E-state index in [0.29, 0.717) is 24.9 Å². The highest BCUT2D eigenvalue weighted by Crippen LogP contribution is 2.34. The Balaban J connectivity index is 2.06. The Bertz CT molecular complexity index is 521. The van der Waals surface area contributed by atoms with E-state index in [1.807, 2.05) is 13.0 Å². The molecule has 0 bridgehead atoms. The summed E-state index contributed by atoms with van der Waals surface area (Å²) in [6, 6.07) is 1.65. The van der Waals surface area contributed by atoms with Gasteiger partial charge in [0.2, 0.25) is 0 Å². The Morgan fingerprint density at radius 1 is 1.58 bits per heavy atom. The molecule has 7 heteroatoms. The van der Waals surface area contributed by atoms with Crippen LogP contribution >= 0.6 is 27.3 Å². The Morgan fingerprint density at radius 3 is 3.00 bits per heavy atom. The molecule has 1 unspecified atom stereocenters. The molecule has 0 radical (unpaired) electrons. The van der Waals surface area contributed by atoms with Gasteiger partial charge in [-0.3, -0.25) is 0 Å². The van der Waals surface area contributed by atoms with Gasteiger partial charge in [0.1, 0.15) is 0 Å². The molecule has 2 heterocycles. The Hall–Kier alpha value is -0.760. The van der Waals surface area contributed by atoms with Crippen LogP contribution in [0.15, 0.2) is 14.4 Å². The molecule has 0 aliphatic heterocycles. The normalized spacial score (nSPS) is 12.8. The predicted molar refractivity (Wildman–Crippen MR) is 78.1 cm³/mol. The number of thiophene rings is 1. The van der Waals surface area contributed by atoms with E-state index in [0.717, 1.165) is 20.6 Å². The lowest BCUT2D eigenvalue weighted by atomic mass is 10.3. The minimum Gasteiger partial charge on any atom is -0.379 e. The van der Waals surface area contributed by atoms with Crippen LogP contribution in [0.5, 0.6) is 0 Å². The fraction of sp³-hybridized carbons (Fsp3) is 0.500. The van der Waals surface area contributed by atoms with Gasteiger partial charge in [-0.2, -0.15) is 4.98 Å². The highest BCUT2D eigenvalue weighted by Gasteiger charge is 2.17. The van der Waals surface area contributed by atoms with Crippen LogP contribution in [0.4, 0.5) is 0 Å². The molecule has 0 aliphatic rings. The van der Waals surface area contributed by atoms with Crippen molar-refractivity contribution in [3.05, 3.63) is 21.2 Å². The monoisotopic (exact) mass is 345 g/mol. The second kappa shape index (κ2) is 6.60. The van der Waals surface area contributed by atoms with E-state index < -0.39 is 0 Å². The summed E-state index contributed by atoms with van der Waals surface area (Å²) in [5.41, 5.74) is 7.09. The van der Waals surface area contributed by atoms with Crippen LogP contribution in [-0.4, -0.2) is 23.4 Å². The van der Waals surface area contributed by atoms with Crippen LogP contribution in [0.1, 0.15) is 30.8 Å². The van der Waals surface area contributed by atoms with Crippen molar-refractivity contribution in [1.29, 1.82) is 0 Å². The summed E-state index contributed by atoms with van der Waals surface area (Å²) in [5.74, 6) is 0.980. The molecule has 2 N–H and O–H groups in total. The molecular weight excluding hydrogens is 330 g/mol. The third-order valence-corrected chi connectivity index (χ3v) is 4.61. The molecule has 0 saturated heterocycles. The third kappa shape index (κ3) is 3.62. The largest absolute Gasteiger partial charge is 0.379 e. The first kappa shape index (κ1) is 14.6. The summed E-state index contributed by atoms with van der Waals surface area (Å²) in [7, 11) is 0. The Morgan fingerprint density at radius 2 is 2.37 bits per heavy atom. The zero-order chi connectivity index (χ0) is 13.8. The van der Waals surface area contributed by atoms with Crippen LogP contribution in [0.3, 0.4) is 0 Å². The van der Waals surface area contributed by atoms with Gasteiger partial charge < -0.3 is 15.0 Å². The molecule has 0 amide bonds. The van der Waals surface area contributed by atoms with Gasteiger partial charge >= 0.3 is 0 Å². The van der Waals surface area contributed by atoms with Gasteiger partial charge in [0.25, 0.3) is 5.89 Å². The highest BCUT2D eigenvalue weighted by atomic mass is 79.9. The number of nitrogens with two attached hydrogens (primary N) is 1. The highest BCUT2D eigenvalue weighted by molar-refractivity contribution is 9.11. The van der Waals surface area contributed by atoms with Gasteiger partial charge in [-0.25, -0.2) is 0 Å². The molecule has 0 spiro atoms. The predicted octanol–water partition coefficient (Wildman–Crippen LogP) is 3.30. The number of hydrogen-bond acceptors (Lipinski definition) is 6. The second-order valence-corrected chi connectivity index (χ2v) is 6.58. The smallest absolute Gasteiger partial charge is 0.268 e. The van der Waals surface area contributed by atoms with Gasteiger partial charge in [0.15, 0.2) is 5.82 Å².